The number of likely N-dealkylation sites (tertiary alicyclic amines) is 1. The van der Waals surface area contributed by atoms with Crippen molar-refractivity contribution in [2.45, 2.75) is 25.6 Å². The number of rotatable bonds is 4. The molecular formula is C16H21FN4O. The highest BCUT2D eigenvalue weighted by Gasteiger charge is 2.28. The Morgan fingerprint density at radius 1 is 1.45 bits per heavy atom. The van der Waals surface area contributed by atoms with Gasteiger partial charge >= 0.3 is 0 Å². The Balaban J connectivity index is 1.89. The quantitative estimate of drug-likeness (QED) is 0.927. The molecule has 0 unspecified atom stereocenters. The number of piperidine rings is 1. The first-order valence-corrected chi connectivity index (χ1v) is 7.60. The van der Waals surface area contributed by atoms with Crippen LogP contribution in [0, 0.1) is 5.92 Å². The van der Waals surface area contributed by atoms with Crippen LogP contribution in [-0.2, 0) is 17.8 Å². The molecule has 0 aliphatic carbocycles. The molecule has 118 valence electrons. The Morgan fingerprint density at radius 2 is 2.23 bits per heavy atom. The van der Waals surface area contributed by atoms with E-state index in [-0.39, 0.29) is 12.3 Å². The van der Waals surface area contributed by atoms with Crippen LogP contribution in [0.15, 0.2) is 24.3 Å². The van der Waals surface area contributed by atoms with E-state index >= 15 is 0 Å². The number of hydrogen-bond donors (Lipinski definition) is 1. The molecule has 2 heterocycles. The number of alkyl halides is 1. The number of primary amides is 1. The summed E-state index contributed by atoms with van der Waals surface area (Å²) in [4.78, 5) is 13.2. The predicted molar refractivity (Wildman–Crippen MR) is 83.1 cm³/mol. The minimum Gasteiger partial charge on any atom is -0.369 e. The molecule has 2 aromatic rings. The molecule has 1 amide bonds. The van der Waals surface area contributed by atoms with Gasteiger partial charge in [0, 0.05) is 24.4 Å². The summed E-state index contributed by atoms with van der Waals surface area (Å²) >= 11 is 0. The highest BCUT2D eigenvalue weighted by Crippen LogP contribution is 2.25. The second-order valence-electron chi connectivity index (χ2n) is 6.12. The lowest BCUT2D eigenvalue weighted by Gasteiger charge is -2.32. The van der Waals surface area contributed by atoms with Crippen LogP contribution in [-0.4, -0.2) is 46.9 Å². The maximum absolute atomic E-state index is 14.2. The summed E-state index contributed by atoms with van der Waals surface area (Å²) in [5, 5.41) is 5.43. The Morgan fingerprint density at radius 3 is 2.95 bits per heavy atom. The van der Waals surface area contributed by atoms with Gasteiger partial charge in [0.1, 0.15) is 6.17 Å². The van der Waals surface area contributed by atoms with Gasteiger partial charge in [-0.1, -0.05) is 18.2 Å². The van der Waals surface area contributed by atoms with Crippen molar-refractivity contribution in [3.63, 3.8) is 0 Å². The minimum atomic E-state index is -0.846. The zero-order valence-corrected chi connectivity index (χ0v) is 12.7. The first kappa shape index (κ1) is 15.0. The third-order valence-electron chi connectivity index (χ3n) is 4.36. The van der Waals surface area contributed by atoms with Gasteiger partial charge in [-0.05, 0) is 26.1 Å². The van der Waals surface area contributed by atoms with E-state index in [9.17, 15) is 9.18 Å². The molecular weight excluding hydrogens is 283 g/mol. The summed E-state index contributed by atoms with van der Waals surface area (Å²) in [6.45, 7) is 1.91. The molecule has 0 spiro atoms. The van der Waals surface area contributed by atoms with E-state index in [4.69, 9.17) is 5.73 Å². The summed E-state index contributed by atoms with van der Waals surface area (Å²) < 4.78 is 16.1. The molecule has 0 bridgehead atoms. The zero-order valence-electron chi connectivity index (χ0n) is 12.7. The topological polar surface area (TPSA) is 64.2 Å². The smallest absolute Gasteiger partial charge is 0.223 e. The molecule has 1 aromatic heterocycles. The number of carbonyl (C=O) groups excluding carboxylic acids is 1. The monoisotopic (exact) mass is 304 g/mol. The second kappa shape index (κ2) is 6.04. The maximum Gasteiger partial charge on any atom is 0.223 e. The molecule has 3 rings (SSSR count). The van der Waals surface area contributed by atoms with Gasteiger partial charge in [-0.2, -0.15) is 5.10 Å². The first-order valence-electron chi connectivity index (χ1n) is 7.60. The van der Waals surface area contributed by atoms with Gasteiger partial charge in [0.05, 0.1) is 17.6 Å². The van der Waals surface area contributed by atoms with Crippen LogP contribution < -0.4 is 5.73 Å². The summed E-state index contributed by atoms with van der Waals surface area (Å²) in [7, 11) is 1.94. The van der Waals surface area contributed by atoms with Crippen LogP contribution in [0.2, 0.25) is 0 Å². The molecule has 1 aliphatic rings. The van der Waals surface area contributed by atoms with E-state index in [1.54, 1.807) is 0 Å². The van der Waals surface area contributed by atoms with E-state index < -0.39 is 12.1 Å². The summed E-state index contributed by atoms with van der Waals surface area (Å²) in [6, 6.07) is 7.72. The number of para-hydroxylation sites is 1. The van der Waals surface area contributed by atoms with Gasteiger partial charge in [-0.3, -0.25) is 9.48 Å². The SMILES string of the molecule is CN1CC[C@@H](Cn2nc(CC(N)=O)c3ccccc32)[C@@H](F)C1. The third-order valence-corrected chi connectivity index (χ3v) is 4.36. The fourth-order valence-corrected chi connectivity index (χ4v) is 3.16. The van der Waals surface area contributed by atoms with Crippen molar-refractivity contribution in [1.29, 1.82) is 0 Å². The highest BCUT2D eigenvalue weighted by molar-refractivity contribution is 5.87. The normalized spacial score (nSPS) is 23.0. The third kappa shape index (κ3) is 2.97. The van der Waals surface area contributed by atoms with Crippen molar-refractivity contribution in [3.8, 4) is 0 Å². The van der Waals surface area contributed by atoms with Crippen molar-refractivity contribution >= 4 is 16.8 Å². The number of fused-ring (bicyclic) bond motifs is 1. The van der Waals surface area contributed by atoms with E-state index in [0.29, 0.717) is 18.8 Å². The minimum absolute atomic E-state index is 0.0408. The predicted octanol–water partition coefficient (Wildman–Crippen LogP) is 1.35. The lowest BCUT2D eigenvalue weighted by atomic mass is 9.95. The number of nitrogens with two attached hydrogens (primary N) is 1. The fourth-order valence-electron chi connectivity index (χ4n) is 3.16. The van der Waals surface area contributed by atoms with Crippen LogP contribution >= 0.6 is 0 Å². The summed E-state index contributed by atoms with van der Waals surface area (Å²) in [5.74, 6) is -0.445. The maximum atomic E-state index is 14.2. The van der Waals surface area contributed by atoms with Crippen molar-refractivity contribution in [2.24, 2.45) is 11.7 Å². The van der Waals surface area contributed by atoms with Crippen molar-refractivity contribution in [1.82, 2.24) is 14.7 Å². The van der Waals surface area contributed by atoms with Gasteiger partial charge < -0.3 is 10.6 Å². The van der Waals surface area contributed by atoms with Crippen LogP contribution in [0.4, 0.5) is 4.39 Å². The van der Waals surface area contributed by atoms with Crippen molar-refractivity contribution in [2.75, 3.05) is 20.1 Å². The van der Waals surface area contributed by atoms with Gasteiger partial charge in [-0.15, -0.1) is 0 Å². The molecule has 1 fully saturated rings. The summed E-state index contributed by atoms with van der Waals surface area (Å²) in [5.41, 5.74) is 6.90. The average molecular weight is 304 g/mol. The molecule has 22 heavy (non-hydrogen) atoms. The van der Waals surface area contributed by atoms with E-state index in [1.165, 1.54) is 0 Å². The van der Waals surface area contributed by atoms with Gasteiger partial charge in [0.15, 0.2) is 0 Å². The van der Waals surface area contributed by atoms with E-state index in [1.807, 2.05) is 40.9 Å². The molecule has 1 saturated heterocycles. The molecule has 0 radical (unpaired) electrons. The van der Waals surface area contributed by atoms with Gasteiger partial charge in [0.2, 0.25) is 5.91 Å². The van der Waals surface area contributed by atoms with Crippen LogP contribution in [0.5, 0.6) is 0 Å². The number of benzene rings is 1. The summed E-state index contributed by atoms with van der Waals surface area (Å²) in [6.07, 6.45) is 0.0815. The highest BCUT2D eigenvalue weighted by atomic mass is 19.1. The van der Waals surface area contributed by atoms with E-state index in [0.717, 1.165) is 23.9 Å². The zero-order chi connectivity index (χ0) is 15.7. The number of nitrogens with zero attached hydrogens (tertiary/aromatic N) is 3. The molecule has 2 N–H and O–H groups in total. The van der Waals surface area contributed by atoms with Gasteiger partial charge in [-0.25, -0.2) is 4.39 Å². The number of aromatic nitrogens is 2. The number of hydrogen-bond acceptors (Lipinski definition) is 3. The molecule has 1 aromatic carbocycles. The van der Waals surface area contributed by atoms with Crippen LogP contribution in [0.1, 0.15) is 12.1 Å². The number of carbonyl (C=O) groups is 1. The lowest BCUT2D eigenvalue weighted by molar-refractivity contribution is -0.117. The van der Waals surface area contributed by atoms with Crippen molar-refractivity contribution < 1.29 is 9.18 Å². The molecule has 0 saturated carbocycles. The Hall–Kier alpha value is -1.95. The Kier molecular flexibility index (Phi) is 4.11. The van der Waals surface area contributed by atoms with Crippen LogP contribution in [0.3, 0.4) is 0 Å². The van der Waals surface area contributed by atoms with Crippen LogP contribution in [0.25, 0.3) is 10.9 Å². The fraction of sp³-hybridized carbons (Fsp3) is 0.500. The Bertz CT molecular complexity index is 684. The standard InChI is InChI=1S/C16H21FN4O/c1-20-7-6-11(13(17)10-20)9-21-15-5-3-2-4-12(15)14(19-21)8-16(18)22/h2-5,11,13H,6-10H2,1H3,(H2,18,22)/t11-,13-/m0/s1. The average Bonchev–Trinajstić information content (AvgIpc) is 2.80. The molecule has 2 atom stereocenters. The number of amides is 1. The van der Waals surface area contributed by atoms with Crippen molar-refractivity contribution in [3.05, 3.63) is 30.0 Å². The first-order chi connectivity index (χ1) is 10.5. The lowest BCUT2D eigenvalue weighted by Crippen LogP contribution is -2.41. The largest absolute Gasteiger partial charge is 0.369 e. The molecule has 6 heteroatoms. The molecule has 5 nitrogen and oxygen atoms in total. The molecule has 1 aliphatic heterocycles. The van der Waals surface area contributed by atoms with Gasteiger partial charge in [0.25, 0.3) is 0 Å². The second-order valence-corrected chi connectivity index (χ2v) is 6.12. The number of halogens is 1. The Labute approximate surface area is 128 Å². The van der Waals surface area contributed by atoms with E-state index in [2.05, 4.69) is 5.10 Å².